The standard InChI is InChI=1S/C34H49F/c1-2-3-6-27-10-18-31(19-11-27)33-22-14-29(15-23-33)8-9-30-16-24-34(25-17-30)32-20-12-28(13-21-32)7-4-5-26-35/h10-11,14-15,18-19,22-23,28,30,32,34H,2-9,12-13,16-17,20-21,24-26H2,1H3/t28-,30-,32-,34-. The van der Waals surface area contributed by atoms with E-state index < -0.39 is 0 Å². The summed E-state index contributed by atoms with van der Waals surface area (Å²) in [6.45, 7) is 2.13. The van der Waals surface area contributed by atoms with Crippen LogP contribution in [0.5, 0.6) is 0 Å². The minimum atomic E-state index is -0.127. The van der Waals surface area contributed by atoms with E-state index >= 15 is 0 Å². The molecule has 0 aliphatic heterocycles. The topological polar surface area (TPSA) is 0 Å². The van der Waals surface area contributed by atoms with E-state index in [0.29, 0.717) is 0 Å². The Bertz CT molecular complexity index is 820. The molecule has 0 radical (unpaired) electrons. The lowest BCUT2D eigenvalue weighted by molar-refractivity contribution is 0.140. The Morgan fingerprint density at radius 1 is 0.571 bits per heavy atom. The summed E-state index contributed by atoms with van der Waals surface area (Å²) in [6, 6.07) is 18.5. The van der Waals surface area contributed by atoms with Gasteiger partial charge in [-0.2, -0.15) is 0 Å². The molecule has 0 unspecified atom stereocenters. The minimum absolute atomic E-state index is 0.127. The van der Waals surface area contributed by atoms with Gasteiger partial charge in [0.15, 0.2) is 0 Å². The molecule has 0 bridgehead atoms. The van der Waals surface area contributed by atoms with Crippen molar-refractivity contribution < 1.29 is 4.39 Å². The maximum Gasteiger partial charge on any atom is 0.0894 e. The summed E-state index contributed by atoms with van der Waals surface area (Å²) in [7, 11) is 0. The summed E-state index contributed by atoms with van der Waals surface area (Å²) < 4.78 is 12.4. The molecule has 2 aromatic carbocycles. The third-order valence-electron chi connectivity index (χ3n) is 9.35. The molecule has 4 rings (SSSR count). The summed E-state index contributed by atoms with van der Waals surface area (Å²) >= 11 is 0. The average Bonchev–Trinajstić information content (AvgIpc) is 2.92. The second-order valence-electron chi connectivity index (χ2n) is 11.8. The average molecular weight is 477 g/mol. The largest absolute Gasteiger partial charge is 0.251 e. The molecule has 0 nitrogen and oxygen atoms in total. The van der Waals surface area contributed by atoms with Gasteiger partial charge in [0.2, 0.25) is 0 Å². The molecule has 1 heteroatoms. The molecule has 2 aliphatic rings. The summed E-state index contributed by atoms with van der Waals surface area (Å²) in [4.78, 5) is 0. The van der Waals surface area contributed by atoms with Crippen molar-refractivity contribution in [2.24, 2.45) is 23.7 Å². The van der Waals surface area contributed by atoms with Crippen LogP contribution in [0.3, 0.4) is 0 Å². The third-order valence-corrected chi connectivity index (χ3v) is 9.35. The molecule has 35 heavy (non-hydrogen) atoms. The fraction of sp³-hybridized carbons (Fsp3) is 0.647. The van der Waals surface area contributed by atoms with Gasteiger partial charge >= 0.3 is 0 Å². The van der Waals surface area contributed by atoms with Gasteiger partial charge in [-0.25, -0.2) is 0 Å². The molecule has 0 atom stereocenters. The predicted molar refractivity (Wildman–Crippen MR) is 150 cm³/mol. The highest BCUT2D eigenvalue weighted by molar-refractivity contribution is 5.64. The van der Waals surface area contributed by atoms with E-state index in [0.717, 1.165) is 36.5 Å². The molecule has 2 saturated carbocycles. The predicted octanol–water partition coefficient (Wildman–Crippen LogP) is 10.4. The summed E-state index contributed by atoms with van der Waals surface area (Å²) in [5.74, 6) is 3.80. The molecule has 0 aromatic heterocycles. The van der Waals surface area contributed by atoms with Gasteiger partial charge in [-0.15, -0.1) is 0 Å². The second kappa shape index (κ2) is 14.2. The summed E-state index contributed by atoms with van der Waals surface area (Å²) in [5.41, 5.74) is 5.64. The highest BCUT2D eigenvalue weighted by Crippen LogP contribution is 2.43. The Kier molecular flexibility index (Phi) is 10.7. The number of aryl methyl sites for hydroxylation is 2. The first kappa shape index (κ1) is 26.4. The van der Waals surface area contributed by atoms with Crippen LogP contribution in [0, 0.1) is 23.7 Å². The van der Waals surface area contributed by atoms with Crippen molar-refractivity contribution in [2.45, 2.75) is 110 Å². The zero-order valence-corrected chi connectivity index (χ0v) is 22.3. The lowest BCUT2D eigenvalue weighted by atomic mass is 9.68. The zero-order chi connectivity index (χ0) is 24.3. The minimum Gasteiger partial charge on any atom is -0.251 e. The van der Waals surface area contributed by atoms with Crippen LogP contribution in [0.25, 0.3) is 11.1 Å². The Hall–Kier alpha value is -1.63. The van der Waals surface area contributed by atoms with E-state index in [1.165, 1.54) is 112 Å². The van der Waals surface area contributed by atoms with Crippen molar-refractivity contribution in [1.29, 1.82) is 0 Å². The fourth-order valence-electron chi connectivity index (χ4n) is 6.90. The smallest absolute Gasteiger partial charge is 0.0894 e. The van der Waals surface area contributed by atoms with Gasteiger partial charge in [-0.3, -0.25) is 4.39 Å². The lowest BCUT2D eigenvalue weighted by Gasteiger charge is -2.38. The summed E-state index contributed by atoms with van der Waals surface area (Å²) in [5, 5.41) is 0. The molecular formula is C34H49F. The van der Waals surface area contributed by atoms with E-state index in [-0.39, 0.29) is 6.67 Å². The van der Waals surface area contributed by atoms with E-state index in [4.69, 9.17) is 0 Å². The van der Waals surface area contributed by atoms with Crippen molar-refractivity contribution in [1.82, 2.24) is 0 Å². The van der Waals surface area contributed by atoms with Gasteiger partial charge in [0.05, 0.1) is 6.67 Å². The molecule has 0 N–H and O–H groups in total. The van der Waals surface area contributed by atoms with Crippen LogP contribution < -0.4 is 0 Å². The van der Waals surface area contributed by atoms with E-state index in [1.807, 2.05) is 0 Å². The number of alkyl halides is 1. The molecule has 0 amide bonds. The number of hydrogen-bond acceptors (Lipinski definition) is 0. The Morgan fingerprint density at radius 2 is 1.06 bits per heavy atom. The first-order chi connectivity index (χ1) is 17.2. The maximum atomic E-state index is 12.4. The first-order valence-electron chi connectivity index (χ1n) is 15.0. The lowest BCUT2D eigenvalue weighted by Crippen LogP contribution is -2.26. The van der Waals surface area contributed by atoms with Crippen molar-refractivity contribution in [3.63, 3.8) is 0 Å². The van der Waals surface area contributed by atoms with Gasteiger partial charge in [0.25, 0.3) is 0 Å². The van der Waals surface area contributed by atoms with Crippen LogP contribution in [0.4, 0.5) is 4.39 Å². The van der Waals surface area contributed by atoms with Gasteiger partial charge < -0.3 is 0 Å². The Balaban J connectivity index is 1.15. The van der Waals surface area contributed by atoms with Crippen LogP contribution in [0.15, 0.2) is 48.5 Å². The highest BCUT2D eigenvalue weighted by Gasteiger charge is 2.30. The van der Waals surface area contributed by atoms with Crippen molar-refractivity contribution >= 4 is 0 Å². The number of unbranched alkanes of at least 4 members (excludes halogenated alkanes) is 2. The van der Waals surface area contributed by atoms with Crippen LogP contribution in [0.1, 0.15) is 108 Å². The highest BCUT2D eigenvalue weighted by atomic mass is 19.1. The number of benzene rings is 2. The van der Waals surface area contributed by atoms with Gasteiger partial charge in [-0.1, -0.05) is 100 Å². The van der Waals surface area contributed by atoms with Crippen molar-refractivity contribution in [2.75, 3.05) is 6.67 Å². The first-order valence-corrected chi connectivity index (χ1v) is 15.0. The number of hydrogen-bond donors (Lipinski definition) is 0. The Morgan fingerprint density at radius 3 is 1.54 bits per heavy atom. The van der Waals surface area contributed by atoms with E-state index in [2.05, 4.69) is 55.5 Å². The van der Waals surface area contributed by atoms with Gasteiger partial charge in [0.1, 0.15) is 0 Å². The third kappa shape index (κ3) is 8.19. The summed E-state index contributed by atoms with van der Waals surface area (Å²) in [6.07, 6.45) is 21.0. The second-order valence-corrected chi connectivity index (χ2v) is 11.8. The van der Waals surface area contributed by atoms with Crippen LogP contribution in [-0.4, -0.2) is 6.67 Å². The number of halogens is 1. The molecule has 2 aromatic rings. The molecular weight excluding hydrogens is 427 g/mol. The molecule has 192 valence electrons. The zero-order valence-electron chi connectivity index (χ0n) is 22.3. The van der Waals surface area contributed by atoms with Gasteiger partial charge in [0, 0.05) is 0 Å². The Labute approximate surface area is 215 Å². The van der Waals surface area contributed by atoms with E-state index in [1.54, 1.807) is 0 Å². The van der Waals surface area contributed by atoms with E-state index in [9.17, 15) is 4.39 Å². The van der Waals surface area contributed by atoms with Crippen LogP contribution in [0.2, 0.25) is 0 Å². The molecule has 2 fully saturated rings. The molecule has 0 heterocycles. The molecule has 2 aliphatic carbocycles. The van der Waals surface area contributed by atoms with Crippen molar-refractivity contribution in [3.8, 4) is 11.1 Å². The van der Waals surface area contributed by atoms with Gasteiger partial charge in [-0.05, 0) is 104 Å². The SMILES string of the molecule is CCCCc1ccc(-c2ccc(CC[C@H]3CC[C@H]([C@H]4CC[C@H](CCCCF)CC4)CC3)cc2)cc1. The molecule has 0 saturated heterocycles. The molecule has 0 spiro atoms. The van der Waals surface area contributed by atoms with Crippen LogP contribution >= 0.6 is 0 Å². The quantitative estimate of drug-likeness (QED) is 0.267. The van der Waals surface area contributed by atoms with Crippen LogP contribution in [-0.2, 0) is 12.8 Å². The fourth-order valence-corrected chi connectivity index (χ4v) is 6.90. The maximum absolute atomic E-state index is 12.4. The number of rotatable bonds is 12. The normalized spacial score (nSPS) is 25.0. The van der Waals surface area contributed by atoms with Crippen molar-refractivity contribution in [3.05, 3.63) is 59.7 Å². The monoisotopic (exact) mass is 476 g/mol.